The topological polar surface area (TPSA) is 163 Å². The second kappa shape index (κ2) is 43.7. The molecule has 0 saturated carbocycles. The summed E-state index contributed by atoms with van der Waals surface area (Å²) in [6.45, 7) is 6.65. The molecular formula is C12H24Br2Hf2N4O4-6. The third-order valence-electron chi connectivity index (χ3n) is 1.28. The van der Waals surface area contributed by atoms with Crippen molar-refractivity contribution in [1.82, 2.24) is 0 Å². The number of halogens is 2. The fourth-order valence-electron chi connectivity index (χ4n) is 0. The smallest absolute Gasteiger partial charge is 0.0484 e. The van der Waals surface area contributed by atoms with E-state index in [-0.39, 0.29) is 85.6 Å². The van der Waals surface area contributed by atoms with Gasteiger partial charge in [0.2, 0.25) is 0 Å². The van der Waals surface area contributed by atoms with E-state index in [2.05, 4.69) is 0 Å². The van der Waals surface area contributed by atoms with Gasteiger partial charge in [-0.3, -0.25) is 0 Å². The van der Waals surface area contributed by atoms with Gasteiger partial charge < -0.3 is 76.1 Å². The average Bonchev–Trinajstić information content (AvgIpc) is 2.40. The molecule has 0 radical (unpaired) electrons. The monoisotopic (exact) mass is 806 g/mol. The van der Waals surface area contributed by atoms with Crippen molar-refractivity contribution in [3.05, 3.63) is 22.9 Å². The summed E-state index contributed by atoms with van der Waals surface area (Å²) in [7, 11) is 0. The van der Waals surface area contributed by atoms with Crippen molar-refractivity contribution < 1.29 is 105 Å². The van der Waals surface area contributed by atoms with E-state index in [1.165, 1.54) is 0 Å². The van der Waals surface area contributed by atoms with Gasteiger partial charge in [0.05, 0.1) is 0 Å². The molecule has 0 aromatic rings. The summed E-state index contributed by atoms with van der Waals surface area (Å²) in [5.74, 6) is -1.98. The van der Waals surface area contributed by atoms with Crippen LogP contribution in [0.1, 0.15) is 53.4 Å². The molecule has 0 atom stereocenters. The molecule has 0 heterocycles. The summed E-state index contributed by atoms with van der Waals surface area (Å²) in [6, 6.07) is 0. The van der Waals surface area contributed by atoms with Crippen LogP contribution in [0.2, 0.25) is 0 Å². The SMILES string of the molecule is CCC([NH-])=O.CCC([NH-])=O.CCC([NH-])=O.CCC([NH-])=O.[Br-].[Br-].[Hf].[Hf]. The first-order valence-corrected chi connectivity index (χ1v) is 6.06. The van der Waals surface area contributed by atoms with E-state index in [9.17, 15) is 19.2 Å². The van der Waals surface area contributed by atoms with Crippen LogP contribution in [-0.2, 0) is 70.9 Å². The van der Waals surface area contributed by atoms with Crippen LogP contribution in [0.15, 0.2) is 0 Å². The van der Waals surface area contributed by atoms with Crippen molar-refractivity contribution in [2.75, 3.05) is 0 Å². The Balaban J connectivity index is -0.0000000225. The van der Waals surface area contributed by atoms with Crippen LogP contribution < -0.4 is 34.0 Å². The Hall–Kier alpha value is 0.580. The third-order valence-corrected chi connectivity index (χ3v) is 1.28. The molecule has 12 heteroatoms. The molecule has 0 aliphatic carbocycles. The van der Waals surface area contributed by atoms with E-state index < -0.39 is 23.6 Å². The molecule has 0 spiro atoms. The van der Waals surface area contributed by atoms with Gasteiger partial charge >= 0.3 is 0 Å². The van der Waals surface area contributed by atoms with Crippen molar-refractivity contribution >= 4 is 23.6 Å². The first-order chi connectivity index (χ1) is 9.08. The van der Waals surface area contributed by atoms with Gasteiger partial charge in [-0.1, -0.05) is 27.7 Å². The van der Waals surface area contributed by atoms with Crippen LogP contribution in [0.25, 0.3) is 22.9 Å². The second-order valence-corrected chi connectivity index (χ2v) is 3.11. The summed E-state index contributed by atoms with van der Waals surface area (Å²) >= 11 is 0. The molecule has 0 aliphatic rings. The van der Waals surface area contributed by atoms with Crippen molar-refractivity contribution in [2.45, 2.75) is 53.4 Å². The van der Waals surface area contributed by atoms with E-state index in [4.69, 9.17) is 22.9 Å². The second-order valence-electron chi connectivity index (χ2n) is 3.11. The standard InChI is InChI=1S/4C3H7NO.2BrH.2Hf/c4*1-2-3(4)5;;;;/h4*2H2,1H3,(H2,4,5);2*1H;;/p-6. The van der Waals surface area contributed by atoms with Crippen molar-refractivity contribution in [2.24, 2.45) is 0 Å². The van der Waals surface area contributed by atoms with Gasteiger partial charge in [-0.05, 0) is 25.7 Å². The van der Waals surface area contributed by atoms with E-state index >= 15 is 0 Å². The molecule has 4 amide bonds. The van der Waals surface area contributed by atoms with Crippen LogP contribution in [-0.4, -0.2) is 23.6 Å². The molecule has 24 heavy (non-hydrogen) atoms. The Morgan fingerprint density at radius 1 is 0.500 bits per heavy atom. The fraction of sp³-hybridized carbons (Fsp3) is 0.667. The number of carbonyl (C=O) groups is 4. The minimum absolute atomic E-state index is 0. The first kappa shape index (κ1) is 49.7. The number of rotatable bonds is 4. The number of nitrogens with one attached hydrogen (secondary N) is 4. The van der Waals surface area contributed by atoms with Crippen LogP contribution in [0.4, 0.5) is 0 Å². The zero-order chi connectivity index (χ0) is 17.1. The summed E-state index contributed by atoms with van der Waals surface area (Å²) in [4.78, 5) is 37.9. The molecule has 0 unspecified atom stereocenters. The molecule has 0 bridgehead atoms. The van der Waals surface area contributed by atoms with Gasteiger partial charge in [-0.2, -0.15) is 0 Å². The molecular weight excluding hydrogens is 781 g/mol. The molecule has 0 aromatic heterocycles. The Kier molecular flexibility index (Phi) is 90.6. The van der Waals surface area contributed by atoms with Gasteiger partial charge in [-0.25, -0.2) is 0 Å². The van der Waals surface area contributed by atoms with Crippen molar-refractivity contribution in [1.29, 1.82) is 0 Å². The first-order valence-electron chi connectivity index (χ1n) is 6.06. The predicted molar refractivity (Wildman–Crippen MR) is 78.5 cm³/mol. The average molecular weight is 805 g/mol. The van der Waals surface area contributed by atoms with E-state index in [0.717, 1.165) is 0 Å². The quantitative estimate of drug-likeness (QED) is 0.298. The minimum Gasteiger partial charge on any atom is -1.00 e. The zero-order valence-electron chi connectivity index (χ0n) is 14.2. The van der Waals surface area contributed by atoms with E-state index in [1.807, 2.05) is 0 Å². The number of carbonyl (C=O) groups excluding carboxylic acids is 4. The Morgan fingerprint density at radius 2 is 0.542 bits per heavy atom. The normalized spacial score (nSPS) is 6.17. The molecule has 0 fully saturated rings. The van der Waals surface area contributed by atoms with Crippen LogP contribution in [0.5, 0.6) is 0 Å². The Bertz CT molecular complexity index is 244. The third kappa shape index (κ3) is 143. The predicted octanol–water partition coefficient (Wildman–Crippen LogP) is -2.10. The van der Waals surface area contributed by atoms with Gasteiger partial charge in [-0.15, -0.1) is 0 Å². The molecule has 0 rings (SSSR count). The zero-order valence-corrected chi connectivity index (χ0v) is 24.6. The molecule has 0 saturated heterocycles. The summed E-state index contributed by atoms with van der Waals surface area (Å²) < 4.78 is 0. The molecule has 4 N–H and O–H groups in total. The number of hydrogen-bond donors (Lipinski definition) is 0. The van der Waals surface area contributed by atoms with Crippen molar-refractivity contribution in [3.8, 4) is 0 Å². The Morgan fingerprint density at radius 3 is 0.542 bits per heavy atom. The largest absolute Gasteiger partial charge is 1.00 e. The fourth-order valence-corrected chi connectivity index (χ4v) is 0. The number of amides is 4. The summed E-state index contributed by atoms with van der Waals surface area (Å²) in [5.41, 5.74) is 24.8. The van der Waals surface area contributed by atoms with E-state index in [0.29, 0.717) is 25.7 Å². The van der Waals surface area contributed by atoms with E-state index in [1.54, 1.807) is 27.7 Å². The maximum Gasteiger partial charge on any atom is 0.0484 e. The van der Waals surface area contributed by atoms with Crippen molar-refractivity contribution in [3.63, 3.8) is 0 Å². The number of hydrogen-bond acceptors (Lipinski definition) is 4. The molecule has 8 nitrogen and oxygen atoms in total. The van der Waals surface area contributed by atoms with Crippen LogP contribution in [0.3, 0.4) is 0 Å². The maximum absolute atomic E-state index is 9.48. The molecule has 0 aromatic carbocycles. The Labute approximate surface area is 203 Å². The molecule has 144 valence electrons. The summed E-state index contributed by atoms with van der Waals surface area (Å²) in [6.07, 6.45) is 1.33. The molecule has 0 aliphatic heterocycles. The van der Waals surface area contributed by atoms with Gasteiger partial charge in [0, 0.05) is 75.3 Å². The van der Waals surface area contributed by atoms with Gasteiger partial charge in [0.1, 0.15) is 0 Å². The minimum atomic E-state index is -0.495. The van der Waals surface area contributed by atoms with Crippen LogP contribution >= 0.6 is 0 Å². The van der Waals surface area contributed by atoms with Crippen LogP contribution in [0, 0.1) is 0 Å². The maximum atomic E-state index is 9.48. The van der Waals surface area contributed by atoms with Gasteiger partial charge in [0.15, 0.2) is 0 Å². The van der Waals surface area contributed by atoms with Gasteiger partial charge in [0.25, 0.3) is 0 Å². The summed E-state index contributed by atoms with van der Waals surface area (Å²) in [5, 5.41) is 0.